The number of halogens is 1. The number of aryl methyl sites for hydroxylation is 1. The molecule has 0 aliphatic carbocycles. The van der Waals surface area contributed by atoms with Crippen molar-refractivity contribution in [2.24, 2.45) is 0 Å². The normalized spacial score (nSPS) is 11.8. The third-order valence-corrected chi connectivity index (χ3v) is 3.99. The fourth-order valence-electron chi connectivity index (χ4n) is 2.43. The molecule has 0 spiro atoms. The summed E-state index contributed by atoms with van der Waals surface area (Å²) in [5.74, 6) is 0. The van der Waals surface area contributed by atoms with Crippen LogP contribution in [0, 0.1) is 6.92 Å². The van der Waals surface area contributed by atoms with E-state index in [4.69, 9.17) is 11.6 Å². The summed E-state index contributed by atoms with van der Waals surface area (Å²) in [6.45, 7) is 3.84. The van der Waals surface area contributed by atoms with E-state index in [9.17, 15) is 4.79 Å². The summed E-state index contributed by atoms with van der Waals surface area (Å²) < 4.78 is 1.55. The lowest BCUT2D eigenvalue weighted by atomic mass is 10.1. The Morgan fingerprint density at radius 3 is 2.80 bits per heavy atom. The zero-order chi connectivity index (χ0) is 17.8. The highest BCUT2D eigenvalue weighted by Crippen LogP contribution is 2.20. The van der Waals surface area contributed by atoms with Gasteiger partial charge >= 0.3 is 6.03 Å². The van der Waals surface area contributed by atoms with E-state index in [0.717, 1.165) is 16.8 Å². The number of hydrogen-bond donors (Lipinski definition) is 2. The molecular formula is C17H17ClN6O. The lowest BCUT2D eigenvalue weighted by Crippen LogP contribution is -2.31. The van der Waals surface area contributed by atoms with Crippen molar-refractivity contribution in [2.45, 2.75) is 19.9 Å². The first kappa shape index (κ1) is 16.9. The highest BCUT2D eigenvalue weighted by atomic mass is 35.5. The molecule has 2 aromatic carbocycles. The van der Waals surface area contributed by atoms with Crippen molar-refractivity contribution in [3.05, 3.63) is 64.9 Å². The van der Waals surface area contributed by atoms with E-state index in [1.165, 1.54) is 6.33 Å². The van der Waals surface area contributed by atoms with E-state index in [0.29, 0.717) is 10.7 Å². The number of amides is 2. The number of urea groups is 1. The van der Waals surface area contributed by atoms with Crippen molar-refractivity contribution in [1.29, 1.82) is 0 Å². The zero-order valence-corrected chi connectivity index (χ0v) is 14.5. The van der Waals surface area contributed by atoms with Gasteiger partial charge in [0.1, 0.15) is 6.33 Å². The Bertz CT molecular complexity index is 881. The van der Waals surface area contributed by atoms with Crippen LogP contribution >= 0.6 is 11.6 Å². The van der Waals surface area contributed by atoms with E-state index in [2.05, 4.69) is 26.2 Å². The highest BCUT2D eigenvalue weighted by Gasteiger charge is 2.11. The first-order valence-corrected chi connectivity index (χ1v) is 8.08. The predicted octanol–water partition coefficient (Wildman–Crippen LogP) is 3.51. The molecule has 0 aliphatic heterocycles. The molecule has 1 aromatic heterocycles. The van der Waals surface area contributed by atoms with Crippen molar-refractivity contribution in [1.82, 2.24) is 25.5 Å². The molecule has 1 atom stereocenters. The maximum atomic E-state index is 12.3. The van der Waals surface area contributed by atoms with Gasteiger partial charge in [-0.3, -0.25) is 0 Å². The molecule has 0 fully saturated rings. The predicted molar refractivity (Wildman–Crippen MR) is 95.9 cm³/mol. The second kappa shape index (κ2) is 7.31. The number of aromatic nitrogens is 4. The third kappa shape index (κ3) is 4.13. The number of anilines is 1. The van der Waals surface area contributed by atoms with Gasteiger partial charge < -0.3 is 10.6 Å². The molecule has 3 aromatic rings. The molecule has 0 bridgehead atoms. The van der Waals surface area contributed by atoms with Gasteiger partial charge in [0.25, 0.3) is 0 Å². The molecule has 1 heterocycles. The number of benzene rings is 2. The van der Waals surface area contributed by atoms with E-state index in [1.807, 2.05) is 50.2 Å². The van der Waals surface area contributed by atoms with E-state index >= 15 is 0 Å². The fourth-order valence-corrected chi connectivity index (χ4v) is 2.63. The molecule has 8 heteroatoms. The Kier molecular flexibility index (Phi) is 4.95. The van der Waals surface area contributed by atoms with Gasteiger partial charge in [-0.25, -0.2) is 9.48 Å². The Balaban J connectivity index is 1.70. The molecule has 128 valence electrons. The van der Waals surface area contributed by atoms with Crippen LogP contribution in [0.15, 0.2) is 48.8 Å². The number of rotatable bonds is 4. The molecular weight excluding hydrogens is 340 g/mol. The Morgan fingerprint density at radius 2 is 2.08 bits per heavy atom. The standard InChI is InChI=1S/C17H17ClN6O/c1-11-6-7-15(9-16(11)24-10-19-22-23-24)21-17(25)20-12(2)13-4-3-5-14(18)8-13/h3-10,12H,1-2H3,(H2,20,21,25)/t12-/m1/s1. The molecule has 0 unspecified atom stereocenters. The average Bonchev–Trinajstić information content (AvgIpc) is 3.11. The monoisotopic (exact) mass is 356 g/mol. The summed E-state index contributed by atoms with van der Waals surface area (Å²) in [5.41, 5.74) is 3.36. The van der Waals surface area contributed by atoms with E-state index in [-0.39, 0.29) is 12.1 Å². The molecule has 2 N–H and O–H groups in total. The summed E-state index contributed by atoms with van der Waals surface area (Å²) >= 11 is 5.99. The second-order valence-electron chi connectivity index (χ2n) is 5.63. The smallest absolute Gasteiger partial charge is 0.319 e. The topological polar surface area (TPSA) is 84.7 Å². The second-order valence-corrected chi connectivity index (χ2v) is 6.07. The Hall–Kier alpha value is -2.93. The van der Waals surface area contributed by atoms with Crippen LogP contribution in [0.2, 0.25) is 5.02 Å². The van der Waals surface area contributed by atoms with Crippen molar-refractivity contribution < 1.29 is 4.79 Å². The third-order valence-electron chi connectivity index (χ3n) is 3.76. The largest absolute Gasteiger partial charge is 0.331 e. The van der Waals surface area contributed by atoms with Crippen molar-refractivity contribution >= 4 is 23.3 Å². The molecule has 7 nitrogen and oxygen atoms in total. The van der Waals surface area contributed by atoms with Crippen LogP contribution in [-0.2, 0) is 0 Å². The maximum Gasteiger partial charge on any atom is 0.319 e. The van der Waals surface area contributed by atoms with Crippen LogP contribution in [-0.4, -0.2) is 26.2 Å². The summed E-state index contributed by atoms with van der Waals surface area (Å²) in [7, 11) is 0. The highest BCUT2D eigenvalue weighted by molar-refractivity contribution is 6.30. The van der Waals surface area contributed by atoms with Gasteiger partial charge in [-0.2, -0.15) is 0 Å². The van der Waals surface area contributed by atoms with Crippen molar-refractivity contribution in [3.63, 3.8) is 0 Å². The lowest BCUT2D eigenvalue weighted by Gasteiger charge is -2.16. The molecule has 2 amide bonds. The van der Waals surface area contributed by atoms with Gasteiger partial charge in [0.15, 0.2) is 0 Å². The molecule has 0 saturated carbocycles. The zero-order valence-electron chi connectivity index (χ0n) is 13.8. The van der Waals surface area contributed by atoms with Crippen LogP contribution in [0.5, 0.6) is 0 Å². The summed E-state index contributed by atoms with van der Waals surface area (Å²) in [5, 5.41) is 17.5. The van der Waals surface area contributed by atoms with Crippen LogP contribution < -0.4 is 10.6 Å². The fraction of sp³-hybridized carbons (Fsp3) is 0.176. The van der Waals surface area contributed by atoms with Gasteiger partial charge in [0.2, 0.25) is 0 Å². The number of carbonyl (C=O) groups is 1. The summed E-state index contributed by atoms with van der Waals surface area (Å²) in [4.78, 5) is 12.3. The molecule has 0 saturated heterocycles. The van der Waals surface area contributed by atoms with Crippen LogP contribution in [0.3, 0.4) is 0 Å². The van der Waals surface area contributed by atoms with Gasteiger partial charge in [0.05, 0.1) is 11.7 Å². The van der Waals surface area contributed by atoms with Gasteiger partial charge in [-0.15, -0.1) is 5.10 Å². The van der Waals surface area contributed by atoms with E-state index in [1.54, 1.807) is 10.7 Å². The van der Waals surface area contributed by atoms with E-state index < -0.39 is 0 Å². The van der Waals surface area contributed by atoms with Crippen LogP contribution in [0.4, 0.5) is 10.5 Å². The van der Waals surface area contributed by atoms with Gasteiger partial charge in [-0.1, -0.05) is 29.8 Å². The summed E-state index contributed by atoms with van der Waals surface area (Å²) in [6, 6.07) is 12.4. The minimum absolute atomic E-state index is 0.178. The van der Waals surface area contributed by atoms with Crippen LogP contribution in [0.25, 0.3) is 5.69 Å². The summed E-state index contributed by atoms with van der Waals surface area (Å²) in [6.07, 6.45) is 1.51. The molecule has 0 aliphatic rings. The molecule has 25 heavy (non-hydrogen) atoms. The first-order chi connectivity index (χ1) is 12.0. The van der Waals surface area contributed by atoms with Crippen LogP contribution in [0.1, 0.15) is 24.1 Å². The minimum Gasteiger partial charge on any atom is -0.331 e. The number of nitrogens with one attached hydrogen (secondary N) is 2. The Labute approximate surface area is 150 Å². The quantitative estimate of drug-likeness (QED) is 0.749. The Morgan fingerprint density at radius 1 is 1.24 bits per heavy atom. The average molecular weight is 357 g/mol. The lowest BCUT2D eigenvalue weighted by molar-refractivity contribution is 0.249. The molecule has 3 rings (SSSR count). The minimum atomic E-state index is -0.306. The van der Waals surface area contributed by atoms with Crippen molar-refractivity contribution in [2.75, 3.05) is 5.32 Å². The van der Waals surface area contributed by atoms with Gasteiger partial charge in [0, 0.05) is 10.7 Å². The number of carbonyl (C=O) groups excluding carboxylic acids is 1. The number of tetrazole rings is 1. The first-order valence-electron chi connectivity index (χ1n) is 7.70. The number of hydrogen-bond acceptors (Lipinski definition) is 4. The SMILES string of the molecule is Cc1ccc(NC(=O)N[C@H](C)c2cccc(Cl)c2)cc1-n1cnnn1. The molecule has 0 radical (unpaired) electrons. The number of nitrogens with zero attached hydrogens (tertiary/aromatic N) is 4. The van der Waals surface area contributed by atoms with Gasteiger partial charge in [-0.05, 0) is 59.7 Å². The van der Waals surface area contributed by atoms with Crippen molar-refractivity contribution in [3.8, 4) is 5.69 Å². The maximum absolute atomic E-state index is 12.3.